The average molecular weight is 446 g/mol. The molecule has 0 atom stereocenters. The summed E-state index contributed by atoms with van der Waals surface area (Å²) in [6, 6.07) is 8.81. The lowest BCUT2D eigenvalue weighted by atomic mass is 10.1. The van der Waals surface area contributed by atoms with Gasteiger partial charge in [-0.25, -0.2) is 4.39 Å². The number of amides is 2. The van der Waals surface area contributed by atoms with E-state index in [-0.39, 0.29) is 36.4 Å². The molecule has 5 nitrogen and oxygen atoms in total. The Hall–Kier alpha value is -2.65. The van der Waals surface area contributed by atoms with Crippen molar-refractivity contribution in [3.05, 3.63) is 64.4 Å². The van der Waals surface area contributed by atoms with Gasteiger partial charge < -0.3 is 10.6 Å². The average Bonchev–Trinajstić information content (AvgIpc) is 2.67. The Labute approximate surface area is 176 Å². The Bertz CT molecular complexity index is 889. The van der Waals surface area contributed by atoms with Crippen LogP contribution in [0.25, 0.3) is 0 Å². The summed E-state index contributed by atoms with van der Waals surface area (Å²) in [7, 11) is 0. The Balaban J connectivity index is 1.93. The minimum absolute atomic E-state index is 0.139. The Kier molecular flexibility index (Phi) is 8.19. The highest BCUT2D eigenvalue weighted by molar-refractivity contribution is 6.34. The topological polar surface area (TPSA) is 61.4 Å². The van der Waals surface area contributed by atoms with E-state index in [0.29, 0.717) is 12.1 Å². The maximum atomic E-state index is 13.1. The number of halogens is 5. The van der Waals surface area contributed by atoms with E-state index in [1.54, 1.807) is 6.92 Å². The number of nitrogens with one attached hydrogen (secondary N) is 2. The first-order valence-corrected chi connectivity index (χ1v) is 9.37. The Morgan fingerprint density at radius 2 is 1.67 bits per heavy atom. The molecule has 2 aromatic carbocycles. The van der Waals surface area contributed by atoms with Gasteiger partial charge in [-0.3, -0.25) is 14.5 Å². The molecule has 2 amide bonds. The first-order chi connectivity index (χ1) is 14.1. The van der Waals surface area contributed by atoms with Crippen LogP contribution in [-0.4, -0.2) is 36.3 Å². The Morgan fingerprint density at radius 3 is 2.27 bits per heavy atom. The van der Waals surface area contributed by atoms with E-state index in [2.05, 4.69) is 10.6 Å². The van der Waals surface area contributed by atoms with Crippen molar-refractivity contribution in [2.75, 3.05) is 25.0 Å². The summed E-state index contributed by atoms with van der Waals surface area (Å²) in [4.78, 5) is 25.8. The standard InChI is InChI=1S/C20H20ClF4N3O2/c1-2-28(11-17(29)26-10-13-6-8-14(22)9-7-13)12-18(30)27-19-15(20(23,24)25)4-3-5-16(19)21/h3-9H,2,10-12H2,1H3,(H,26,29)(H,27,30). The zero-order valence-corrected chi connectivity index (χ0v) is 16.8. The lowest BCUT2D eigenvalue weighted by Gasteiger charge is -2.20. The first kappa shape index (κ1) is 23.6. The molecule has 0 radical (unpaired) electrons. The van der Waals surface area contributed by atoms with E-state index in [0.717, 1.165) is 12.1 Å². The molecule has 162 valence electrons. The van der Waals surface area contributed by atoms with Gasteiger partial charge in [-0.05, 0) is 36.4 Å². The highest BCUT2D eigenvalue weighted by Gasteiger charge is 2.34. The molecule has 0 unspecified atom stereocenters. The monoisotopic (exact) mass is 445 g/mol. The van der Waals surface area contributed by atoms with Crippen molar-refractivity contribution in [3.8, 4) is 0 Å². The smallest absolute Gasteiger partial charge is 0.351 e. The number of hydrogen-bond acceptors (Lipinski definition) is 3. The van der Waals surface area contributed by atoms with Crippen LogP contribution in [0, 0.1) is 5.82 Å². The lowest BCUT2D eigenvalue weighted by molar-refractivity contribution is -0.137. The second-order valence-corrected chi connectivity index (χ2v) is 6.82. The molecule has 0 saturated heterocycles. The van der Waals surface area contributed by atoms with Crippen molar-refractivity contribution in [2.24, 2.45) is 0 Å². The molecule has 0 fully saturated rings. The normalized spacial score (nSPS) is 11.4. The summed E-state index contributed by atoms with van der Waals surface area (Å²) in [6.07, 6.45) is -4.68. The van der Waals surface area contributed by atoms with Crippen molar-refractivity contribution in [1.29, 1.82) is 0 Å². The fourth-order valence-electron chi connectivity index (χ4n) is 2.61. The highest BCUT2D eigenvalue weighted by Crippen LogP contribution is 2.38. The van der Waals surface area contributed by atoms with E-state index < -0.39 is 23.3 Å². The predicted octanol–water partition coefficient (Wildman–Crippen LogP) is 4.07. The van der Waals surface area contributed by atoms with Gasteiger partial charge in [0.25, 0.3) is 0 Å². The molecule has 0 aromatic heterocycles. The largest absolute Gasteiger partial charge is 0.418 e. The summed E-state index contributed by atoms with van der Waals surface area (Å²) >= 11 is 5.83. The van der Waals surface area contributed by atoms with Crippen LogP contribution in [0.3, 0.4) is 0 Å². The number of carbonyl (C=O) groups excluding carboxylic acids is 2. The van der Waals surface area contributed by atoms with Gasteiger partial charge >= 0.3 is 6.18 Å². The second kappa shape index (κ2) is 10.4. The molecule has 2 N–H and O–H groups in total. The molecule has 0 aliphatic rings. The van der Waals surface area contributed by atoms with Crippen molar-refractivity contribution in [3.63, 3.8) is 0 Å². The summed E-state index contributed by atoms with van der Waals surface area (Å²) < 4.78 is 52.3. The van der Waals surface area contributed by atoms with Crippen molar-refractivity contribution >= 4 is 29.1 Å². The van der Waals surface area contributed by atoms with Crippen LogP contribution in [0.5, 0.6) is 0 Å². The molecular weight excluding hydrogens is 426 g/mol. The fraction of sp³-hybridized carbons (Fsp3) is 0.300. The number of para-hydroxylation sites is 1. The third-order valence-corrected chi connectivity index (χ3v) is 4.48. The van der Waals surface area contributed by atoms with Crippen LogP contribution in [0.4, 0.5) is 23.2 Å². The summed E-state index contributed by atoms with van der Waals surface area (Å²) in [6.45, 7) is 1.75. The molecule has 30 heavy (non-hydrogen) atoms. The minimum atomic E-state index is -4.68. The van der Waals surface area contributed by atoms with Crippen molar-refractivity contribution in [1.82, 2.24) is 10.2 Å². The molecule has 2 rings (SSSR count). The summed E-state index contributed by atoms with van der Waals surface area (Å²) in [5, 5.41) is 4.59. The number of carbonyl (C=O) groups is 2. The minimum Gasteiger partial charge on any atom is -0.351 e. The molecule has 0 aliphatic heterocycles. The van der Waals surface area contributed by atoms with Crippen molar-refractivity contribution < 1.29 is 27.2 Å². The van der Waals surface area contributed by atoms with E-state index >= 15 is 0 Å². The molecule has 0 aliphatic carbocycles. The molecule has 2 aromatic rings. The van der Waals surface area contributed by atoms with Gasteiger partial charge in [-0.1, -0.05) is 36.7 Å². The third-order valence-electron chi connectivity index (χ3n) is 4.17. The molecule has 0 bridgehead atoms. The van der Waals surface area contributed by atoms with Crippen molar-refractivity contribution in [2.45, 2.75) is 19.6 Å². The van der Waals surface area contributed by atoms with Crippen LogP contribution in [0.1, 0.15) is 18.1 Å². The molecule has 0 heterocycles. The van der Waals surface area contributed by atoms with Crippen LogP contribution in [0.2, 0.25) is 5.02 Å². The number of hydrogen-bond donors (Lipinski definition) is 2. The van der Waals surface area contributed by atoms with E-state index in [1.807, 2.05) is 0 Å². The van der Waals surface area contributed by atoms with Crippen LogP contribution in [0.15, 0.2) is 42.5 Å². The van der Waals surface area contributed by atoms with Gasteiger partial charge in [0, 0.05) is 6.54 Å². The zero-order valence-electron chi connectivity index (χ0n) is 16.0. The highest BCUT2D eigenvalue weighted by atomic mass is 35.5. The van der Waals surface area contributed by atoms with E-state index in [4.69, 9.17) is 11.6 Å². The van der Waals surface area contributed by atoms with Crippen LogP contribution >= 0.6 is 11.6 Å². The number of rotatable bonds is 8. The predicted molar refractivity (Wildman–Crippen MR) is 105 cm³/mol. The SMILES string of the molecule is CCN(CC(=O)NCc1ccc(F)cc1)CC(=O)Nc1c(Cl)cccc1C(F)(F)F. The van der Waals surface area contributed by atoms with Gasteiger partial charge in [0.2, 0.25) is 11.8 Å². The summed E-state index contributed by atoms with van der Waals surface area (Å²) in [5.74, 6) is -1.51. The molecular formula is C20H20ClF4N3O2. The number of likely N-dealkylation sites (N-methyl/N-ethyl adjacent to an activating group) is 1. The quantitative estimate of drug-likeness (QED) is 0.602. The van der Waals surface area contributed by atoms with Gasteiger partial charge in [0.1, 0.15) is 5.82 Å². The zero-order chi connectivity index (χ0) is 22.3. The Morgan fingerprint density at radius 1 is 1.03 bits per heavy atom. The second-order valence-electron chi connectivity index (χ2n) is 6.41. The van der Waals surface area contributed by atoms with E-state index in [9.17, 15) is 27.2 Å². The van der Waals surface area contributed by atoms with Crippen LogP contribution in [-0.2, 0) is 22.3 Å². The maximum absolute atomic E-state index is 13.1. The molecule has 0 spiro atoms. The summed E-state index contributed by atoms with van der Waals surface area (Å²) in [5.41, 5.74) is -0.874. The molecule has 10 heteroatoms. The maximum Gasteiger partial charge on any atom is 0.418 e. The lowest BCUT2D eigenvalue weighted by Crippen LogP contribution is -2.41. The first-order valence-electron chi connectivity index (χ1n) is 8.99. The van der Waals surface area contributed by atoms with Gasteiger partial charge in [0.15, 0.2) is 0 Å². The van der Waals surface area contributed by atoms with E-state index in [1.165, 1.54) is 35.2 Å². The number of alkyl halides is 3. The number of benzene rings is 2. The van der Waals surface area contributed by atoms with Gasteiger partial charge in [-0.15, -0.1) is 0 Å². The van der Waals surface area contributed by atoms with Crippen LogP contribution < -0.4 is 10.6 Å². The number of nitrogens with zero attached hydrogens (tertiary/aromatic N) is 1. The molecule has 0 saturated carbocycles. The van der Waals surface area contributed by atoms with Gasteiger partial charge in [-0.2, -0.15) is 13.2 Å². The third kappa shape index (κ3) is 7.00. The fourth-order valence-corrected chi connectivity index (χ4v) is 2.83. The number of anilines is 1. The van der Waals surface area contributed by atoms with Gasteiger partial charge in [0.05, 0.1) is 29.4 Å².